The highest BCUT2D eigenvalue weighted by Gasteiger charge is 2.48. The minimum atomic E-state index is -0.107. The average Bonchev–Trinajstić information content (AvgIpc) is 3.76. The fourth-order valence-electron chi connectivity index (χ4n) is 9.18. The molecule has 8 amide bonds. The van der Waals surface area contributed by atoms with Crippen molar-refractivity contribution in [2.24, 2.45) is 82.9 Å². The Bertz CT molecular complexity index is 1580. The molecule has 0 aromatic rings. The zero-order chi connectivity index (χ0) is 51.8. The maximum absolute atomic E-state index is 11.9. The third-order valence-corrected chi connectivity index (χ3v) is 12.0. The molecule has 4 aliphatic rings. The van der Waals surface area contributed by atoms with Gasteiger partial charge in [-0.3, -0.25) is 58.0 Å². The monoisotopic (exact) mass is 927 g/mol. The molecule has 0 N–H and O–H groups in total. The molecular formula is C54H94N4O8. The number of carbonyl (C=O) groups is 8. The first-order chi connectivity index (χ1) is 30.2. The molecule has 0 aromatic carbocycles. The molecule has 0 aliphatic carbocycles. The standard InChI is InChI=1S/2C12H21NO2.2C11H19NO2.C8H14/c2*1-7(2)6-9-10(8(3)4)12(15)13(5)11(9)14;2*1-7(2)5-9-6-10(13)12(8(3)4)11(9)14;1-7(2)5-6-8(3)4/h2*7-10H,6H2,1-5H3;2*7-9H,5-6H2,1-4H3;7-8H,1-4H3. The molecule has 4 fully saturated rings. The van der Waals surface area contributed by atoms with E-state index in [0.717, 1.165) is 25.7 Å². The number of imide groups is 4. The SMILES string of the molecule is CC(C)C#CC(C)C.CC(C)CC1C(=O)N(C)C(=O)C1C(C)C.CC(C)CC1C(=O)N(C)C(=O)C1C(C)C.CC(C)CC1CC(=O)N(C(C)C)C1=O.CC(C)CC1CC(=O)N(C(C)C)C1=O. The molecule has 378 valence electrons. The Morgan fingerprint density at radius 2 is 0.652 bits per heavy atom. The molecule has 66 heavy (non-hydrogen) atoms. The first-order valence-electron chi connectivity index (χ1n) is 25.1. The van der Waals surface area contributed by atoms with Gasteiger partial charge in [-0.1, -0.05) is 111 Å². The maximum Gasteiger partial charge on any atom is 0.233 e. The zero-order valence-corrected chi connectivity index (χ0v) is 45.5. The van der Waals surface area contributed by atoms with Crippen LogP contribution in [0.15, 0.2) is 0 Å². The van der Waals surface area contributed by atoms with Gasteiger partial charge in [-0.25, -0.2) is 0 Å². The van der Waals surface area contributed by atoms with E-state index in [1.54, 1.807) is 14.1 Å². The predicted octanol–water partition coefficient (Wildman–Crippen LogP) is 9.77. The largest absolute Gasteiger partial charge is 0.285 e. The summed E-state index contributed by atoms with van der Waals surface area (Å²) in [5.41, 5.74) is 0. The fourth-order valence-corrected chi connectivity index (χ4v) is 9.18. The van der Waals surface area contributed by atoms with Crippen molar-refractivity contribution in [1.82, 2.24) is 19.6 Å². The molecule has 0 bridgehead atoms. The van der Waals surface area contributed by atoms with Crippen LogP contribution in [0.5, 0.6) is 0 Å². The highest BCUT2D eigenvalue weighted by atomic mass is 16.2. The summed E-state index contributed by atoms with van der Waals surface area (Å²) < 4.78 is 0. The van der Waals surface area contributed by atoms with Gasteiger partial charge >= 0.3 is 0 Å². The summed E-state index contributed by atoms with van der Waals surface area (Å²) >= 11 is 0. The van der Waals surface area contributed by atoms with Gasteiger partial charge in [0.1, 0.15) is 0 Å². The summed E-state index contributed by atoms with van der Waals surface area (Å²) in [5, 5.41) is 0. The van der Waals surface area contributed by atoms with E-state index in [1.807, 2.05) is 55.4 Å². The van der Waals surface area contributed by atoms with Crippen molar-refractivity contribution in [2.45, 2.75) is 189 Å². The number of rotatable bonds is 12. The lowest BCUT2D eigenvalue weighted by Gasteiger charge is -2.19. The number of amides is 8. The lowest BCUT2D eigenvalue weighted by Crippen LogP contribution is -2.36. The lowest BCUT2D eigenvalue weighted by atomic mass is 9.81. The van der Waals surface area contributed by atoms with E-state index in [2.05, 4.69) is 94.9 Å². The normalized spacial score (nSPS) is 23.3. The molecule has 0 spiro atoms. The van der Waals surface area contributed by atoms with Gasteiger partial charge in [0.25, 0.3) is 0 Å². The predicted molar refractivity (Wildman–Crippen MR) is 265 cm³/mol. The molecule has 12 heteroatoms. The van der Waals surface area contributed by atoms with Gasteiger partial charge in [0.2, 0.25) is 47.3 Å². The summed E-state index contributed by atoms with van der Waals surface area (Å²) in [6, 6.07) is 0.0133. The molecule has 0 saturated carbocycles. The molecule has 6 unspecified atom stereocenters. The van der Waals surface area contributed by atoms with E-state index in [9.17, 15) is 38.4 Å². The van der Waals surface area contributed by atoms with E-state index in [1.165, 1.54) is 19.6 Å². The van der Waals surface area contributed by atoms with Crippen LogP contribution in [0.4, 0.5) is 0 Å². The van der Waals surface area contributed by atoms with Gasteiger partial charge in [-0.15, -0.1) is 11.8 Å². The van der Waals surface area contributed by atoms with Crippen LogP contribution in [0.25, 0.3) is 0 Å². The summed E-state index contributed by atoms with van der Waals surface area (Å²) in [5.74, 6) is 9.13. The first-order valence-corrected chi connectivity index (χ1v) is 25.1. The molecule has 4 saturated heterocycles. The Hall–Kier alpha value is -3.88. The van der Waals surface area contributed by atoms with Gasteiger partial charge in [0, 0.05) is 62.7 Å². The number of nitrogens with zero attached hydrogens (tertiary/aromatic N) is 4. The third kappa shape index (κ3) is 19.0. The van der Waals surface area contributed by atoms with E-state index >= 15 is 0 Å². The lowest BCUT2D eigenvalue weighted by molar-refractivity contribution is -0.143. The van der Waals surface area contributed by atoms with Crippen LogP contribution in [-0.4, -0.2) is 93.0 Å². The first kappa shape index (κ1) is 62.1. The Morgan fingerprint density at radius 3 is 0.833 bits per heavy atom. The van der Waals surface area contributed by atoms with Crippen molar-refractivity contribution in [3.8, 4) is 11.8 Å². The Kier molecular flexibility index (Phi) is 26.8. The van der Waals surface area contributed by atoms with Crippen molar-refractivity contribution in [1.29, 1.82) is 0 Å². The van der Waals surface area contributed by atoms with Crippen molar-refractivity contribution < 1.29 is 38.4 Å². The molecule has 4 rings (SSSR count). The minimum Gasteiger partial charge on any atom is -0.285 e. The van der Waals surface area contributed by atoms with Gasteiger partial charge < -0.3 is 0 Å². The van der Waals surface area contributed by atoms with Crippen LogP contribution >= 0.6 is 0 Å². The highest BCUT2D eigenvalue weighted by Crippen LogP contribution is 2.36. The minimum absolute atomic E-state index is 0.000602. The second kappa shape index (κ2) is 28.4. The van der Waals surface area contributed by atoms with E-state index in [-0.39, 0.29) is 107 Å². The Morgan fingerprint density at radius 1 is 0.394 bits per heavy atom. The molecule has 4 aliphatic heterocycles. The number of hydrogen-bond acceptors (Lipinski definition) is 8. The van der Waals surface area contributed by atoms with Gasteiger partial charge in [0.05, 0.1) is 23.7 Å². The second-order valence-electron chi connectivity index (χ2n) is 22.5. The summed E-state index contributed by atoms with van der Waals surface area (Å²) in [7, 11) is 3.20. The average molecular weight is 927 g/mol. The van der Waals surface area contributed by atoms with Crippen molar-refractivity contribution >= 4 is 47.3 Å². The van der Waals surface area contributed by atoms with Gasteiger partial charge in [-0.05, 0) is 88.9 Å². The second-order valence-corrected chi connectivity index (χ2v) is 22.5. The van der Waals surface area contributed by atoms with Crippen LogP contribution in [0.3, 0.4) is 0 Å². The zero-order valence-electron chi connectivity index (χ0n) is 45.5. The number of hydrogen-bond donors (Lipinski definition) is 0. The van der Waals surface area contributed by atoms with Gasteiger partial charge in [-0.2, -0.15) is 0 Å². The van der Waals surface area contributed by atoms with Crippen LogP contribution in [0.2, 0.25) is 0 Å². The van der Waals surface area contributed by atoms with Gasteiger partial charge in [0.15, 0.2) is 0 Å². The van der Waals surface area contributed by atoms with Crippen molar-refractivity contribution in [3.05, 3.63) is 0 Å². The Balaban J connectivity index is 0.000000811. The van der Waals surface area contributed by atoms with E-state index in [4.69, 9.17) is 0 Å². The fraction of sp³-hybridized carbons (Fsp3) is 0.815. The van der Waals surface area contributed by atoms with E-state index < -0.39 is 0 Å². The topological polar surface area (TPSA) is 150 Å². The Labute approximate surface area is 401 Å². The van der Waals surface area contributed by atoms with E-state index in [0.29, 0.717) is 48.3 Å². The molecule has 0 radical (unpaired) electrons. The summed E-state index contributed by atoms with van der Waals surface area (Å²) in [6.07, 6.45) is 4.11. The van der Waals surface area contributed by atoms with Crippen LogP contribution in [0, 0.1) is 94.7 Å². The van der Waals surface area contributed by atoms with Crippen LogP contribution < -0.4 is 0 Å². The number of carbonyl (C=O) groups excluding carboxylic acids is 8. The summed E-state index contributed by atoms with van der Waals surface area (Å²) in [4.78, 5) is 99.5. The molecule has 0 aromatic heterocycles. The van der Waals surface area contributed by atoms with Crippen LogP contribution in [0.1, 0.15) is 177 Å². The highest BCUT2D eigenvalue weighted by molar-refractivity contribution is 6.06. The molecule has 4 heterocycles. The maximum atomic E-state index is 11.9. The third-order valence-electron chi connectivity index (χ3n) is 12.0. The smallest absolute Gasteiger partial charge is 0.233 e. The quantitative estimate of drug-likeness (QED) is 0.139. The van der Waals surface area contributed by atoms with Crippen LogP contribution in [-0.2, 0) is 38.4 Å². The molecular weight excluding hydrogens is 833 g/mol. The van der Waals surface area contributed by atoms with Crippen molar-refractivity contribution in [2.75, 3.05) is 14.1 Å². The molecule has 12 nitrogen and oxygen atoms in total. The molecule has 6 atom stereocenters. The van der Waals surface area contributed by atoms with Crippen molar-refractivity contribution in [3.63, 3.8) is 0 Å². The summed E-state index contributed by atoms with van der Waals surface area (Å²) in [6.45, 7) is 40.7. The number of likely N-dealkylation sites (tertiary alicyclic amines) is 4.